The molecule has 0 aromatic rings. The van der Waals surface area contributed by atoms with E-state index in [2.05, 4.69) is 19.2 Å². The van der Waals surface area contributed by atoms with Gasteiger partial charge in [-0.15, -0.1) is 0 Å². The fourth-order valence-corrected chi connectivity index (χ4v) is 6.25. The zero-order chi connectivity index (χ0) is 33.7. The Morgan fingerprint density at radius 1 is 0.667 bits per heavy atom. The summed E-state index contributed by atoms with van der Waals surface area (Å²) in [6, 6.07) is -0.750. The number of rotatable bonds is 34. The fraction of sp³-hybridized carbons (Fsp3) is 0.972. The third-order valence-corrected chi connectivity index (χ3v) is 9.59. The molecule has 0 spiro atoms. The van der Waals surface area contributed by atoms with Gasteiger partial charge in [-0.3, -0.25) is 13.8 Å². The Bertz CT molecular complexity index is 718. The van der Waals surface area contributed by atoms with Crippen molar-refractivity contribution in [1.82, 2.24) is 5.32 Å². The summed E-state index contributed by atoms with van der Waals surface area (Å²) in [5.41, 5.74) is 0. The maximum atomic E-state index is 12.7. The molecule has 0 aromatic carbocycles. The highest BCUT2D eigenvalue weighted by Crippen LogP contribution is 2.43. The van der Waals surface area contributed by atoms with E-state index in [4.69, 9.17) is 9.05 Å². The minimum absolute atomic E-state index is 0.0779. The van der Waals surface area contributed by atoms with Crippen LogP contribution in [0.1, 0.15) is 174 Å². The largest absolute Gasteiger partial charge is 0.472 e. The van der Waals surface area contributed by atoms with Crippen LogP contribution < -0.4 is 5.32 Å². The first kappa shape index (κ1) is 44.5. The van der Waals surface area contributed by atoms with Crippen LogP contribution in [-0.2, 0) is 18.4 Å². The van der Waals surface area contributed by atoms with Gasteiger partial charge in [0.05, 0.1) is 39.9 Å². The van der Waals surface area contributed by atoms with Gasteiger partial charge in [-0.25, -0.2) is 4.57 Å². The minimum Gasteiger partial charge on any atom is -0.391 e. The van der Waals surface area contributed by atoms with Gasteiger partial charge in [0.1, 0.15) is 13.2 Å². The lowest BCUT2D eigenvalue weighted by molar-refractivity contribution is -0.870. The summed E-state index contributed by atoms with van der Waals surface area (Å²) < 4.78 is 23.5. The summed E-state index contributed by atoms with van der Waals surface area (Å²) in [5, 5.41) is 13.8. The summed E-state index contributed by atoms with van der Waals surface area (Å²) in [4.78, 5) is 22.9. The average molecular weight is 664 g/mol. The Hall–Kier alpha value is -0.500. The van der Waals surface area contributed by atoms with E-state index in [0.29, 0.717) is 23.9 Å². The van der Waals surface area contributed by atoms with Crippen LogP contribution in [0, 0.1) is 0 Å². The molecule has 0 aromatic heterocycles. The van der Waals surface area contributed by atoms with Gasteiger partial charge in [0.25, 0.3) is 0 Å². The number of hydrogen-bond donors (Lipinski definition) is 3. The Morgan fingerprint density at radius 2 is 1.07 bits per heavy atom. The maximum Gasteiger partial charge on any atom is 0.472 e. The number of hydrogen-bond acceptors (Lipinski definition) is 5. The lowest BCUT2D eigenvalue weighted by Gasteiger charge is -2.26. The molecule has 0 saturated heterocycles. The van der Waals surface area contributed by atoms with Gasteiger partial charge < -0.3 is 19.8 Å². The Kier molecular flexibility index (Phi) is 29.3. The van der Waals surface area contributed by atoms with Crippen LogP contribution in [0.25, 0.3) is 0 Å². The summed E-state index contributed by atoms with van der Waals surface area (Å²) in [7, 11) is 1.62. The van der Waals surface area contributed by atoms with Crippen molar-refractivity contribution >= 4 is 13.7 Å². The van der Waals surface area contributed by atoms with E-state index in [1.165, 1.54) is 109 Å². The van der Waals surface area contributed by atoms with Crippen molar-refractivity contribution in [3.05, 3.63) is 0 Å². The molecule has 9 heteroatoms. The third kappa shape index (κ3) is 31.8. The van der Waals surface area contributed by atoms with Gasteiger partial charge in [-0.1, -0.05) is 155 Å². The predicted molar refractivity (Wildman–Crippen MR) is 189 cm³/mol. The van der Waals surface area contributed by atoms with Gasteiger partial charge in [-0.05, 0) is 12.8 Å². The number of carbonyl (C=O) groups excluding carboxylic acids is 1. The number of nitrogens with zero attached hydrogens (tertiary/aromatic N) is 1. The molecule has 0 bridgehead atoms. The number of aliphatic hydroxyl groups excluding tert-OH is 1. The molecule has 0 aliphatic rings. The Labute approximate surface area is 279 Å². The van der Waals surface area contributed by atoms with Crippen LogP contribution in [0.3, 0.4) is 0 Å². The molecule has 270 valence electrons. The second kappa shape index (κ2) is 29.6. The van der Waals surface area contributed by atoms with E-state index >= 15 is 0 Å². The van der Waals surface area contributed by atoms with Crippen molar-refractivity contribution in [2.75, 3.05) is 40.9 Å². The number of phosphoric acid groups is 1. The van der Waals surface area contributed by atoms with Crippen LogP contribution in [-0.4, -0.2) is 73.4 Å². The van der Waals surface area contributed by atoms with Crippen molar-refractivity contribution in [3.63, 3.8) is 0 Å². The summed E-state index contributed by atoms with van der Waals surface area (Å²) >= 11 is 0. The molecular formula is C36H76N2O6P+. The number of phosphoric ester groups is 1. The lowest BCUT2D eigenvalue weighted by Crippen LogP contribution is -2.46. The van der Waals surface area contributed by atoms with Gasteiger partial charge in [-0.2, -0.15) is 0 Å². The second-order valence-corrected chi connectivity index (χ2v) is 15.8. The molecule has 0 aliphatic carbocycles. The topological polar surface area (TPSA) is 105 Å². The van der Waals surface area contributed by atoms with Gasteiger partial charge in [0.2, 0.25) is 5.91 Å². The van der Waals surface area contributed by atoms with E-state index in [0.717, 1.165) is 38.5 Å². The highest BCUT2D eigenvalue weighted by Gasteiger charge is 2.28. The van der Waals surface area contributed by atoms with E-state index in [9.17, 15) is 19.4 Å². The standard InChI is InChI=1S/C36H75N2O6P/c1-6-8-10-12-14-16-17-18-19-20-22-23-25-27-29-35(39)34(33-44-45(41,42)43-32-31-38(3,4)5)37-36(40)30-28-26-24-21-15-13-11-9-7-2/h34-35,39H,6-33H2,1-5H3,(H-,37,40,41,42)/p+1. The predicted octanol–water partition coefficient (Wildman–Crippen LogP) is 9.46. The fourth-order valence-electron chi connectivity index (χ4n) is 5.52. The number of likely N-dealkylation sites (N-methyl/N-ethyl adjacent to an activating group) is 1. The van der Waals surface area contributed by atoms with Gasteiger partial charge in [0.15, 0.2) is 0 Å². The molecule has 0 radical (unpaired) electrons. The summed E-state index contributed by atoms with van der Waals surface area (Å²) in [5.74, 6) is -0.148. The molecule has 0 heterocycles. The van der Waals surface area contributed by atoms with Crippen molar-refractivity contribution in [3.8, 4) is 0 Å². The zero-order valence-electron chi connectivity index (χ0n) is 30.4. The minimum atomic E-state index is -4.29. The van der Waals surface area contributed by atoms with E-state index < -0.39 is 20.0 Å². The first-order valence-corrected chi connectivity index (χ1v) is 20.4. The molecule has 3 unspecified atom stereocenters. The Morgan fingerprint density at radius 3 is 1.49 bits per heavy atom. The zero-order valence-corrected chi connectivity index (χ0v) is 31.3. The molecule has 45 heavy (non-hydrogen) atoms. The summed E-state index contributed by atoms with van der Waals surface area (Å²) in [6.45, 7) is 4.85. The van der Waals surface area contributed by atoms with Crippen LogP contribution in [0.15, 0.2) is 0 Å². The lowest BCUT2D eigenvalue weighted by atomic mass is 10.0. The maximum absolute atomic E-state index is 12.7. The van der Waals surface area contributed by atoms with Crippen molar-refractivity contribution in [2.45, 2.75) is 187 Å². The van der Waals surface area contributed by atoms with Crippen LogP contribution in [0.5, 0.6) is 0 Å². The number of nitrogens with one attached hydrogen (secondary N) is 1. The number of amides is 1. The van der Waals surface area contributed by atoms with Gasteiger partial charge >= 0.3 is 7.82 Å². The van der Waals surface area contributed by atoms with Crippen molar-refractivity contribution in [1.29, 1.82) is 0 Å². The number of carbonyl (C=O) groups is 1. The van der Waals surface area contributed by atoms with Crippen LogP contribution in [0.2, 0.25) is 0 Å². The van der Waals surface area contributed by atoms with Crippen molar-refractivity contribution < 1.29 is 32.9 Å². The normalized spacial score (nSPS) is 14.7. The molecular weight excluding hydrogens is 587 g/mol. The highest BCUT2D eigenvalue weighted by molar-refractivity contribution is 7.47. The average Bonchev–Trinajstić information content (AvgIpc) is 2.97. The molecule has 3 atom stereocenters. The monoisotopic (exact) mass is 664 g/mol. The van der Waals surface area contributed by atoms with E-state index in [-0.39, 0.29) is 19.1 Å². The van der Waals surface area contributed by atoms with Gasteiger partial charge in [0, 0.05) is 6.42 Å². The first-order chi connectivity index (χ1) is 21.5. The highest BCUT2D eigenvalue weighted by atomic mass is 31.2. The quantitative estimate of drug-likeness (QED) is 0.0360. The molecule has 0 fully saturated rings. The molecule has 8 nitrogen and oxygen atoms in total. The van der Waals surface area contributed by atoms with Crippen LogP contribution in [0.4, 0.5) is 0 Å². The second-order valence-electron chi connectivity index (χ2n) is 14.3. The van der Waals surface area contributed by atoms with E-state index in [1.807, 2.05) is 21.1 Å². The number of aliphatic hydroxyl groups is 1. The molecule has 0 aliphatic heterocycles. The van der Waals surface area contributed by atoms with Crippen LogP contribution >= 0.6 is 7.82 Å². The SMILES string of the molecule is CCCCCCCCCCCCCCCCC(O)C(COP(=O)(O)OCC[N+](C)(C)C)NC(=O)CCCCCCCCCCC. The number of unbranched alkanes of at least 4 members (excludes halogenated alkanes) is 21. The summed E-state index contributed by atoms with van der Waals surface area (Å²) in [6.07, 6.45) is 28.3. The smallest absolute Gasteiger partial charge is 0.391 e. The molecule has 0 saturated carbocycles. The molecule has 0 rings (SSSR count). The van der Waals surface area contributed by atoms with E-state index in [1.54, 1.807) is 0 Å². The number of quaternary nitrogens is 1. The molecule has 3 N–H and O–H groups in total. The first-order valence-electron chi connectivity index (χ1n) is 18.9. The van der Waals surface area contributed by atoms with Crippen molar-refractivity contribution in [2.24, 2.45) is 0 Å². The third-order valence-electron chi connectivity index (χ3n) is 8.61. The Balaban J connectivity index is 4.44. The molecule has 1 amide bonds.